The average Bonchev–Trinajstić information content (AvgIpc) is 2.57. The number of ether oxygens (including phenoxy) is 1. The lowest BCUT2D eigenvalue weighted by molar-refractivity contribution is 0.0605. The predicted molar refractivity (Wildman–Crippen MR) is 60.7 cm³/mol. The first-order valence-electron chi connectivity index (χ1n) is 4.96. The summed E-state index contributed by atoms with van der Waals surface area (Å²) in [5.41, 5.74) is 0. The van der Waals surface area contributed by atoms with Gasteiger partial charge in [-0.1, -0.05) is 23.2 Å². The first-order chi connectivity index (χ1) is 7.16. The van der Waals surface area contributed by atoms with Crippen LogP contribution >= 0.6 is 23.2 Å². The fourth-order valence-electron chi connectivity index (χ4n) is 1.78. The van der Waals surface area contributed by atoms with Crippen molar-refractivity contribution >= 4 is 23.2 Å². The van der Waals surface area contributed by atoms with Gasteiger partial charge in [-0.3, -0.25) is 0 Å². The van der Waals surface area contributed by atoms with E-state index in [0.717, 1.165) is 19.3 Å². The maximum atomic E-state index is 9.60. The molecule has 15 heavy (non-hydrogen) atoms. The number of rotatable bonds is 2. The van der Waals surface area contributed by atoms with Crippen LogP contribution in [0.4, 0.5) is 0 Å². The van der Waals surface area contributed by atoms with Crippen LogP contribution in [-0.2, 0) is 0 Å². The van der Waals surface area contributed by atoms with E-state index in [1.54, 1.807) is 18.2 Å². The molecule has 1 aromatic rings. The van der Waals surface area contributed by atoms with Crippen LogP contribution in [0, 0.1) is 0 Å². The summed E-state index contributed by atoms with van der Waals surface area (Å²) in [5, 5.41) is 10.7. The lowest BCUT2D eigenvalue weighted by atomic mass is 10.2. The Balaban J connectivity index is 2.10. The fourth-order valence-corrected chi connectivity index (χ4v) is 2.23. The molecule has 0 unspecified atom stereocenters. The minimum Gasteiger partial charge on any atom is -0.486 e. The van der Waals surface area contributed by atoms with Crippen LogP contribution < -0.4 is 4.74 Å². The summed E-state index contributed by atoms with van der Waals surface area (Å²) < 4.78 is 5.63. The maximum Gasteiger partial charge on any atom is 0.138 e. The molecule has 1 saturated carbocycles. The minimum atomic E-state index is -0.378. The van der Waals surface area contributed by atoms with Crippen molar-refractivity contribution in [3.05, 3.63) is 28.2 Å². The highest BCUT2D eigenvalue weighted by Crippen LogP contribution is 2.31. The molecule has 1 fully saturated rings. The van der Waals surface area contributed by atoms with Gasteiger partial charge in [0.15, 0.2) is 0 Å². The van der Waals surface area contributed by atoms with Gasteiger partial charge in [0.25, 0.3) is 0 Å². The Morgan fingerprint density at radius 3 is 2.67 bits per heavy atom. The molecular formula is C11H12Cl2O2. The third-order valence-electron chi connectivity index (χ3n) is 2.59. The summed E-state index contributed by atoms with van der Waals surface area (Å²) in [7, 11) is 0. The molecule has 0 amide bonds. The lowest BCUT2D eigenvalue weighted by Gasteiger charge is -2.17. The molecule has 0 aliphatic heterocycles. The van der Waals surface area contributed by atoms with Crippen molar-refractivity contribution in [1.29, 1.82) is 0 Å². The molecule has 2 rings (SSSR count). The molecule has 0 bridgehead atoms. The van der Waals surface area contributed by atoms with E-state index in [2.05, 4.69) is 0 Å². The number of aliphatic hydroxyl groups excluding tert-OH is 1. The number of hydrogen-bond acceptors (Lipinski definition) is 2. The Kier molecular flexibility index (Phi) is 3.39. The van der Waals surface area contributed by atoms with Crippen molar-refractivity contribution in [1.82, 2.24) is 0 Å². The molecule has 1 N–H and O–H groups in total. The van der Waals surface area contributed by atoms with Crippen LogP contribution in [0.25, 0.3) is 0 Å². The van der Waals surface area contributed by atoms with Crippen LogP contribution in [0.3, 0.4) is 0 Å². The summed E-state index contributed by atoms with van der Waals surface area (Å²) in [4.78, 5) is 0. The Hall–Kier alpha value is -0.440. The zero-order valence-corrected chi connectivity index (χ0v) is 9.63. The fraction of sp³-hybridized carbons (Fsp3) is 0.455. The zero-order chi connectivity index (χ0) is 10.8. The van der Waals surface area contributed by atoms with E-state index in [1.165, 1.54) is 0 Å². The van der Waals surface area contributed by atoms with E-state index < -0.39 is 0 Å². The van der Waals surface area contributed by atoms with E-state index in [9.17, 15) is 5.11 Å². The van der Waals surface area contributed by atoms with Crippen LogP contribution in [0.1, 0.15) is 19.3 Å². The maximum absolute atomic E-state index is 9.60. The molecule has 0 saturated heterocycles. The van der Waals surface area contributed by atoms with Gasteiger partial charge in [0.1, 0.15) is 11.9 Å². The third kappa shape index (κ3) is 2.57. The Morgan fingerprint density at radius 1 is 1.27 bits per heavy atom. The Morgan fingerprint density at radius 2 is 2.07 bits per heavy atom. The normalized spacial score (nSPS) is 25.5. The van der Waals surface area contributed by atoms with E-state index in [-0.39, 0.29) is 12.2 Å². The van der Waals surface area contributed by atoms with Gasteiger partial charge in [-0.05, 0) is 37.5 Å². The number of halogens is 2. The topological polar surface area (TPSA) is 29.5 Å². The van der Waals surface area contributed by atoms with Crippen LogP contribution in [0.5, 0.6) is 5.75 Å². The van der Waals surface area contributed by atoms with Crippen molar-refractivity contribution in [2.24, 2.45) is 0 Å². The monoisotopic (exact) mass is 246 g/mol. The molecule has 4 heteroatoms. The van der Waals surface area contributed by atoms with Gasteiger partial charge < -0.3 is 9.84 Å². The smallest absolute Gasteiger partial charge is 0.138 e. The molecule has 82 valence electrons. The van der Waals surface area contributed by atoms with Gasteiger partial charge in [-0.25, -0.2) is 0 Å². The highest BCUT2D eigenvalue weighted by molar-refractivity contribution is 6.35. The zero-order valence-electron chi connectivity index (χ0n) is 8.12. The second-order valence-electron chi connectivity index (χ2n) is 3.73. The number of aliphatic hydroxyl groups is 1. The van der Waals surface area contributed by atoms with Gasteiger partial charge in [0.05, 0.1) is 11.1 Å². The van der Waals surface area contributed by atoms with Gasteiger partial charge >= 0.3 is 0 Å². The van der Waals surface area contributed by atoms with Crippen molar-refractivity contribution in [2.45, 2.75) is 31.5 Å². The summed E-state index contributed by atoms with van der Waals surface area (Å²) >= 11 is 11.7. The molecule has 0 aromatic heterocycles. The highest BCUT2D eigenvalue weighted by Gasteiger charge is 2.27. The van der Waals surface area contributed by atoms with E-state index in [0.29, 0.717) is 15.8 Å². The van der Waals surface area contributed by atoms with Gasteiger partial charge in [0, 0.05) is 5.02 Å². The van der Waals surface area contributed by atoms with Gasteiger partial charge in [-0.15, -0.1) is 0 Å². The largest absolute Gasteiger partial charge is 0.486 e. The van der Waals surface area contributed by atoms with E-state index in [4.69, 9.17) is 27.9 Å². The molecule has 2 nitrogen and oxygen atoms in total. The van der Waals surface area contributed by atoms with Crippen molar-refractivity contribution in [2.75, 3.05) is 0 Å². The third-order valence-corrected chi connectivity index (χ3v) is 3.12. The first kappa shape index (κ1) is 11.1. The quantitative estimate of drug-likeness (QED) is 0.868. The van der Waals surface area contributed by atoms with Crippen LogP contribution in [-0.4, -0.2) is 17.3 Å². The first-order valence-corrected chi connectivity index (χ1v) is 5.72. The Bertz CT molecular complexity index is 354. The second-order valence-corrected chi connectivity index (χ2v) is 4.57. The molecule has 1 aromatic carbocycles. The standard InChI is InChI=1S/C11H12Cl2O2/c12-7-4-5-10(8(13)6-7)15-11-3-1-2-9(11)14/h4-6,9,11,14H,1-3H2/t9-,11-/m0/s1. The summed E-state index contributed by atoms with van der Waals surface area (Å²) in [6.07, 6.45) is 2.16. The molecule has 2 atom stereocenters. The number of hydrogen-bond donors (Lipinski definition) is 1. The summed E-state index contributed by atoms with van der Waals surface area (Å²) in [6, 6.07) is 5.10. The van der Waals surface area contributed by atoms with E-state index >= 15 is 0 Å². The minimum absolute atomic E-state index is 0.135. The highest BCUT2D eigenvalue weighted by atomic mass is 35.5. The molecule has 1 aliphatic rings. The average molecular weight is 247 g/mol. The molecule has 1 aliphatic carbocycles. The van der Waals surface area contributed by atoms with Crippen LogP contribution in [0.15, 0.2) is 18.2 Å². The second kappa shape index (κ2) is 4.60. The van der Waals surface area contributed by atoms with Gasteiger partial charge in [-0.2, -0.15) is 0 Å². The van der Waals surface area contributed by atoms with Gasteiger partial charge in [0.2, 0.25) is 0 Å². The van der Waals surface area contributed by atoms with Crippen LogP contribution in [0.2, 0.25) is 10.0 Å². The Labute approximate surface area is 98.8 Å². The SMILES string of the molecule is O[C@H]1CCC[C@@H]1Oc1ccc(Cl)cc1Cl. The molecule has 0 radical (unpaired) electrons. The van der Waals surface area contributed by atoms with Crippen molar-refractivity contribution in [3.63, 3.8) is 0 Å². The van der Waals surface area contributed by atoms with Crippen molar-refractivity contribution in [3.8, 4) is 5.75 Å². The lowest BCUT2D eigenvalue weighted by Crippen LogP contribution is -2.25. The molecule has 0 heterocycles. The summed E-state index contributed by atoms with van der Waals surface area (Å²) in [6.45, 7) is 0. The molecule has 0 spiro atoms. The molecular weight excluding hydrogens is 235 g/mol. The summed E-state index contributed by atoms with van der Waals surface area (Å²) in [5.74, 6) is 0.590. The predicted octanol–water partition coefficient (Wildman–Crippen LogP) is 3.29. The van der Waals surface area contributed by atoms with E-state index in [1.807, 2.05) is 0 Å². The van der Waals surface area contributed by atoms with Crippen molar-refractivity contribution < 1.29 is 9.84 Å². The number of benzene rings is 1.